The third kappa shape index (κ3) is 4.33. The lowest BCUT2D eigenvalue weighted by Gasteiger charge is -2.10. The van der Waals surface area contributed by atoms with E-state index in [1.54, 1.807) is 50.4 Å². The molecule has 0 saturated heterocycles. The summed E-state index contributed by atoms with van der Waals surface area (Å²) in [5.74, 6) is -1.81. The van der Waals surface area contributed by atoms with Crippen molar-refractivity contribution < 1.29 is 18.4 Å². The van der Waals surface area contributed by atoms with Gasteiger partial charge in [0.1, 0.15) is 17.2 Å². The van der Waals surface area contributed by atoms with Crippen LogP contribution in [-0.2, 0) is 20.1 Å². The smallest absolute Gasteiger partial charge is 0.408 e. The van der Waals surface area contributed by atoms with Gasteiger partial charge >= 0.3 is 5.76 Å². The van der Waals surface area contributed by atoms with Gasteiger partial charge in [-0.05, 0) is 41.8 Å². The predicted molar refractivity (Wildman–Crippen MR) is 128 cm³/mol. The Morgan fingerprint density at radius 3 is 2.50 bits per heavy atom. The standard InChI is InChI=1S/C25H21FN6O4/c1-14-3-4-15(9-17(14)26)12-28-24(34)20-11-18(30-22-7-8-29-32(20)22)23(33)27-13-16-5-6-21-19(10-16)31(2)25(35)36-21/h3-11H,12-13H2,1-2H3,(H,27,33)(H,28,34). The molecule has 182 valence electrons. The van der Waals surface area contributed by atoms with E-state index in [-0.39, 0.29) is 30.3 Å². The predicted octanol–water partition coefficient (Wildman–Crippen LogP) is 2.48. The molecule has 0 saturated carbocycles. The highest BCUT2D eigenvalue weighted by molar-refractivity contribution is 5.98. The summed E-state index contributed by atoms with van der Waals surface area (Å²) in [6.07, 6.45) is 1.47. The molecule has 0 atom stereocenters. The number of fused-ring (bicyclic) bond motifs is 2. The largest absolute Gasteiger partial charge is 0.419 e. The average molecular weight is 488 g/mol. The van der Waals surface area contributed by atoms with E-state index < -0.39 is 17.6 Å². The number of carbonyl (C=O) groups is 2. The summed E-state index contributed by atoms with van der Waals surface area (Å²) < 4.78 is 21.7. The Bertz CT molecular complexity index is 1700. The van der Waals surface area contributed by atoms with E-state index in [9.17, 15) is 18.8 Å². The van der Waals surface area contributed by atoms with Gasteiger partial charge in [-0.2, -0.15) is 5.10 Å². The zero-order chi connectivity index (χ0) is 25.4. The van der Waals surface area contributed by atoms with Crippen molar-refractivity contribution in [3.05, 3.63) is 99.2 Å². The van der Waals surface area contributed by atoms with Crippen LogP contribution in [0.5, 0.6) is 0 Å². The Labute approximate surface area is 203 Å². The third-order valence-corrected chi connectivity index (χ3v) is 5.82. The molecule has 10 nitrogen and oxygen atoms in total. The highest BCUT2D eigenvalue weighted by atomic mass is 19.1. The van der Waals surface area contributed by atoms with Gasteiger partial charge in [0.2, 0.25) is 0 Å². The Morgan fingerprint density at radius 1 is 1.00 bits per heavy atom. The van der Waals surface area contributed by atoms with Gasteiger partial charge in [-0.15, -0.1) is 0 Å². The lowest BCUT2D eigenvalue weighted by atomic mass is 10.1. The molecule has 11 heteroatoms. The molecular formula is C25H21FN6O4. The molecule has 36 heavy (non-hydrogen) atoms. The molecule has 0 bridgehead atoms. The van der Waals surface area contributed by atoms with Crippen LogP contribution in [0.4, 0.5) is 4.39 Å². The van der Waals surface area contributed by atoms with Crippen LogP contribution >= 0.6 is 0 Å². The van der Waals surface area contributed by atoms with Crippen LogP contribution in [0.2, 0.25) is 0 Å². The Balaban J connectivity index is 1.34. The summed E-state index contributed by atoms with van der Waals surface area (Å²) in [6.45, 7) is 1.93. The van der Waals surface area contributed by atoms with Gasteiger partial charge in [-0.1, -0.05) is 18.2 Å². The SMILES string of the molecule is Cc1ccc(CNC(=O)c2cc(C(=O)NCc3ccc4oc(=O)n(C)c4c3)nc3ccnn23)cc1F. The number of rotatable bonds is 6. The first-order chi connectivity index (χ1) is 17.3. The molecule has 0 spiro atoms. The van der Waals surface area contributed by atoms with Crippen molar-refractivity contribution in [3.63, 3.8) is 0 Å². The maximum absolute atomic E-state index is 13.8. The first-order valence-corrected chi connectivity index (χ1v) is 11.0. The van der Waals surface area contributed by atoms with Gasteiger partial charge in [0.15, 0.2) is 11.2 Å². The molecule has 3 heterocycles. The van der Waals surface area contributed by atoms with E-state index in [4.69, 9.17) is 4.42 Å². The van der Waals surface area contributed by atoms with Crippen LogP contribution in [0.3, 0.4) is 0 Å². The van der Waals surface area contributed by atoms with Crippen molar-refractivity contribution in [2.24, 2.45) is 7.05 Å². The number of benzene rings is 2. The number of carbonyl (C=O) groups excluding carboxylic acids is 2. The first kappa shape index (κ1) is 23.0. The lowest BCUT2D eigenvalue weighted by Crippen LogP contribution is -2.28. The van der Waals surface area contributed by atoms with Gasteiger partial charge in [0, 0.05) is 32.3 Å². The highest BCUT2D eigenvalue weighted by Crippen LogP contribution is 2.15. The van der Waals surface area contributed by atoms with Crippen molar-refractivity contribution in [1.29, 1.82) is 0 Å². The molecule has 0 aliphatic heterocycles. The molecule has 0 radical (unpaired) electrons. The number of amides is 2. The number of halogens is 1. The normalized spacial score (nSPS) is 11.2. The van der Waals surface area contributed by atoms with Crippen molar-refractivity contribution in [1.82, 2.24) is 29.8 Å². The van der Waals surface area contributed by atoms with Crippen LogP contribution < -0.4 is 16.4 Å². The van der Waals surface area contributed by atoms with Gasteiger partial charge < -0.3 is 15.1 Å². The number of nitrogens with one attached hydrogen (secondary N) is 2. The molecule has 0 unspecified atom stereocenters. The molecule has 3 aromatic heterocycles. The topological polar surface area (TPSA) is 124 Å². The summed E-state index contributed by atoms with van der Waals surface area (Å²) >= 11 is 0. The molecule has 0 fully saturated rings. The highest BCUT2D eigenvalue weighted by Gasteiger charge is 2.18. The zero-order valence-corrected chi connectivity index (χ0v) is 19.4. The van der Waals surface area contributed by atoms with Crippen molar-refractivity contribution in [2.75, 3.05) is 0 Å². The van der Waals surface area contributed by atoms with Gasteiger partial charge in [-0.3, -0.25) is 14.2 Å². The molecule has 5 aromatic rings. The fraction of sp³-hybridized carbons (Fsp3) is 0.160. The number of oxazole rings is 1. The number of hydrogen-bond donors (Lipinski definition) is 2. The van der Waals surface area contributed by atoms with Gasteiger partial charge in [0.05, 0.1) is 11.7 Å². The van der Waals surface area contributed by atoms with Crippen molar-refractivity contribution in [2.45, 2.75) is 20.0 Å². The Kier molecular flexibility index (Phi) is 5.80. The minimum Gasteiger partial charge on any atom is -0.408 e. The van der Waals surface area contributed by atoms with E-state index in [0.717, 1.165) is 5.56 Å². The molecule has 0 aliphatic carbocycles. The molecule has 5 rings (SSSR count). The zero-order valence-electron chi connectivity index (χ0n) is 19.4. The van der Waals surface area contributed by atoms with Crippen LogP contribution in [0, 0.1) is 12.7 Å². The minimum absolute atomic E-state index is 0.0336. The summed E-state index contributed by atoms with van der Waals surface area (Å²) in [4.78, 5) is 41.8. The summed E-state index contributed by atoms with van der Waals surface area (Å²) in [7, 11) is 1.60. The monoisotopic (exact) mass is 488 g/mol. The van der Waals surface area contributed by atoms with E-state index in [1.165, 1.54) is 27.4 Å². The second-order valence-corrected chi connectivity index (χ2v) is 8.31. The summed E-state index contributed by atoms with van der Waals surface area (Å²) in [5, 5.41) is 9.62. The molecule has 0 aliphatic rings. The van der Waals surface area contributed by atoms with Gasteiger partial charge in [-0.25, -0.2) is 18.7 Å². The Morgan fingerprint density at radius 2 is 1.72 bits per heavy atom. The number of aryl methyl sites for hydroxylation is 2. The van der Waals surface area contributed by atoms with Crippen LogP contribution in [-0.4, -0.2) is 31.0 Å². The van der Waals surface area contributed by atoms with Crippen LogP contribution in [0.1, 0.15) is 37.7 Å². The van der Waals surface area contributed by atoms with E-state index in [0.29, 0.717) is 27.9 Å². The fourth-order valence-corrected chi connectivity index (χ4v) is 3.77. The number of nitrogens with zero attached hydrogens (tertiary/aromatic N) is 4. The minimum atomic E-state index is -0.493. The molecular weight excluding hydrogens is 467 g/mol. The fourth-order valence-electron chi connectivity index (χ4n) is 3.77. The number of aromatic nitrogens is 4. The maximum atomic E-state index is 13.8. The van der Waals surface area contributed by atoms with Crippen molar-refractivity contribution in [3.8, 4) is 0 Å². The third-order valence-electron chi connectivity index (χ3n) is 5.82. The number of hydrogen-bond acceptors (Lipinski definition) is 6. The molecule has 2 amide bonds. The molecule has 2 aromatic carbocycles. The first-order valence-electron chi connectivity index (χ1n) is 11.0. The second kappa shape index (κ2) is 9.10. The van der Waals surface area contributed by atoms with E-state index >= 15 is 0 Å². The maximum Gasteiger partial charge on any atom is 0.419 e. The average Bonchev–Trinajstić information content (AvgIpc) is 3.46. The second-order valence-electron chi connectivity index (χ2n) is 8.31. The Hall–Kier alpha value is -4.80. The molecule has 2 N–H and O–H groups in total. The lowest BCUT2D eigenvalue weighted by molar-refractivity contribution is 0.0942. The van der Waals surface area contributed by atoms with E-state index in [2.05, 4.69) is 20.7 Å². The van der Waals surface area contributed by atoms with E-state index in [1.807, 2.05) is 0 Å². The van der Waals surface area contributed by atoms with Crippen molar-refractivity contribution >= 4 is 28.6 Å². The quantitative estimate of drug-likeness (QED) is 0.379. The van der Waals surface area contributed by atoms with Gasteiger partial charge in [0.25, 0.3) is 11.8 Å². The summed E-state index contributed by atoms with van der Waals surface area (Å²) in [6, 6.07) is 12.8. The summed E-state index contributed by atoms with van der Waals surface area (Å²) in [5.41, 5.74) is 3.39. The van der Waals surface area contributed by atoms with Crippen LogP contribution in [0.15, 0.2) is 63.9 Å². The van der Waals surface area contributed by atoms with Crippen LogP contribution in [0.25, 0.3) is 16.7 Å².